The number of benzene rings is 1. The lowest BCUT2D eigenvalue weighted by atomic mass is 10.3. The molecule has 0 spiro atoms. The summed E-state index contributed by atoms with van der Waals surface area (Å²) >= 11 is 1.37. The molecule has 3 aromatic heterocycles. The Hall–Kier alpha value is -3.26. The van der Waals surface area contributed by atoms with Crippen LogP contribution >= 0.6 is 11.8 Å². The van der Waals surface area contributed by atoms with E-state index in [1.807, 2.05) is 30.3 Å². The molecule has 0 saturated carbocycles. The Morgan fingerprint density at radius 3 is 2.96 bits per heavy atom. The number of hydrogen-bond donors (Lipinski definition) is 2. The van der Waals surface area contributed by atoms with E-state index in [0.29, 0.717) is 10.9 Å². The maximum atomic E-state index is 11.7. The standard InChI is InChI=1S/C17H12N4O3S/c22-16(14-6-3-9-23-14)21-18-10-11-7-8-15(24-11)25-17-19-12-4-1-2-5-13(12)20-17/h1-10H,(H,19,20)(H,21,22)/b18-10-. The van der Waals surface area contributed by atoms with Crippen LogP contribution in [0.1, 0.15) is 16.3 Å². The van der Waals surface area contributed by atoms with Gasteiger partial charge in [0.15, 0.2) is 16.0 Å². The number of carbonyl (C=O) groups is 1. The van der Waals surface area contributed by atoms with Crippen LogP contribution in [0.25, 0.3) is 11.0 Å². The number of carbonyl (C=O) groups excluding carboxylic acids is 1. The van der Waals surface area contributed by atoms with Crippen molar-refractivity contribution in [1.82, 2.24) is 15.4 Å². The van der Waals surface area contributed by atoms with Crippen molar-refractivity contribution in [3.05, 3.63) is 66.3 Å². The van der Waals surface area contributed by atoms with Crippen molar-refractivity contribution in [3.63, 3.8) is 0 Å². The van der Waals surface area contributed by atoms with Gasteiger partial charge in [0.2, 0.25) is 0 Å². The number of aromatic nitrogens is 2. The molecule has 0 aliphatic heterocycles. The number of nitrogens with one attached hydrogen (secondary N) is 2. The summed E-state index contributed by atoms with van der Waals surface area (Å²) in [6, 6.07) is 14.6. The molecule has 4 aromatic rings. The number of para-hydroxylation sites is 2. The van der Waals surface area contributed by atoms with E-state index in [-0.39, 0.29) is 5.76 Å². The molecule has 7 nitrogen and oxygen atoms in total. The van der Waals surface area contributed by atoms with Gasteiger partial charge in [-0.2, -0.15) is 5.10 Å². The van der Waals surface area contributed by atoms with E-state index in [4.69, 9.17) is 8.83 Å². The molecular weight excluding hydrogens is 340 g/mol. The highest BCUT2D eigenvalue weighted by Gasteiger charge is 2.08. The first kappa shape index (κ1) is 15.3. The summed E-state index contributed by atoms with van der Waals surface area (Å²) in [6.45, 7) is 0. The highest BCUT2D eigenvalue weighted by atomic mass is 32.2. The van der Waals surface area contributed by atoms with Crippen LogP contribution < -0.4 is 5.43 Å². The van der Waals surface area contributed by atoms with Gasteiger partial charge in [0.05, 0.1) is 23.5 Å². The zero-order valence-corrected chi connectivity index (χ0v) is 13.6. The lowest BCUT2D eigenvalue weighted by Crippen LogP contribution is -2.16. The molecule has 25 heavy (non-hydrogen) atoms. The monoisotopic (exact) mass is 352 g/mol. The largest absolute Gasteiger partial charge is 0.459 e. The van der Waals surface area contributed by atoms with Gasteiger partial charge in [-0.3, -0.25) is 4.79 Å². The van der Waals surface area contributed by atoms with Crippen molar-refractivity contribution in [1.29, 1.82) is 0 Å². The number of rotatable bonds is 5. The molecule has 4 rings (SSSR count). The SMILES string of the molecule is O=C(N/N=C\c1ccc(Sc2nc3ccccc3[nH]2)o1)c1ccco1. The minimum atomic E-state index is -0.426. The first-order valence-corrected chi connectivity index (χ1v) is 8.19. The van der Waals surface area contributed by atoms with E-state index in [1.54, 1.807) is 18.2 Å². The molecule has 0 atom stereocenters. The number of nitrogens with zero attached hydrogens (tertiary/aromatic N) is 2. The van der Waals surface area contributed by atoms with Crippen LogP contribution in [0.5, 0.6) is 0 Å². The van der Waals surface area contributed by atoms with Crippen LogP contribution in [0.3, 0.4) is 0 Å². The van der Waals surface area contributed by atoms with Crippen LogP contribution in [0.15, 0.2) is 79.0 Å². The molecule has 1 amide bonds. The van der Waals surface area contributed by atoms with Gasteiger partial charge in [-0.05, 0) is 48.2 Å². The number of H-pyrrole nitrogens is 1. The summed E-state index contributed by atoms with van der Waals surface area (Å²) in [5, 5.41) is 5.25. The number of imidazole rings is 1. The van der Waals surface area contributed by atoms with E-state index in [0.717, 1.165) is 16.2 Å². The summed E-state index contributed by atoms with van der Waals surface area (Å²) in [4.78, 5) is 19.4. The highest BCUT2D eigenvalue weighted by Crippen LogP contribution is 2.28. The van der Waals surface area contributed by atoms with Crippen LogP contribution in [-0.2, 0) is 0 Å². The second-order valence-electron chi connectivity index (χ2n) is 4.99. The topological polar surface area (TPSA) is 96.4 Å². The average molecular weight is 352 g/mol. The van der Waals surface area contributed by atoms with Gasteiger partial charge in [0.25, 0.3) is 0 Å². The van der Waals surface area contributed by atoms with E-state index >= 15 is 0 Å². The van der Waals surface area contributed by atoms with Gasteiger partial charge in [-0.25, -0.2) is 10.4 Å². The maximum absolute atomic E-state index is 11.7. The van der Waals surface area contributed by atoms with Gasteiger partial charge < -0.3 is 13.8 Å². The number of furan rings is 2. The average Bonchev–Trinajstić information content (AvgIpc) is 3.35. The molecule has 0 unspecified atom stereocenters. The second kappa shape index (κ2) is 6.70. The number of hydrogen-bond acceptors (Lipinski definition) is 6. The maximum Gasteiger partial charge on any atom is 0.307 e. The number of aromatic amines is 1. The molecule has 3 heterocycles. The summed E-state index contributed by atoms with van der Waals surface area (Å²) in [5.74, 6) is 0.278. The Morgan fingerprint density at radius 1 is 1.20 bits per heavy atom. The molecular formula is C17H12N4O3S. The van der Waals surface area contributed by atoms with Gasteiger partial charge in [0, 0.05) is 0 Å². The number of hydrazone groups is 1. The molecule has 2 N–H and O–H groups in total. The Bertz CT molecular complexity index is 1000. The summed E-state index contributed by atoms with van der Waals surface area (Å²) < 4.78 is 10.6. The predicted molar refractivity (Wildman–Crippen MR) is 92.7 cm³/mol. The number of amides is 1. The van der Waals surface area contributed by atoms with Crippen molar-refractivity contribution in [2.24, 2.45) is 5.10 Å². The van der Waals surface area contributed by atoms with Crippen molar-refractivity contribution in [2.45, 2.75) is 10.2 Å². The van der Waals surface area contributed by atoms with Crippen LogP contribution in [-0.4, -0.2) is 22.1 Å². The Labute approximate surface area is 146 Å². The van der Waals surface area contributed by atoms with Crippen LogP contribution in [0.4, 0.5) is 0 Å². The fraction of sp³-hybridized carbons (Fsp3) is 0. The lowest BCUT2D eigenvalue weighted by molar-refractivity contribution is 0.0927. The molecule has 0 aliphatic carbocycles. The fourth-order valence-corrected chi connectivity index (χ4v) is 2.92. The molecule has 124 valence electrons. The lowest BCUT2D eigenvalue weighted by Gasteiger charge is -1.94. The number of fused-ring (bicyclic) bond motifs is 1. The quantitative estimate of drug-likeness (QED) is 0.422. The third-order valence-electron chi connectivity index (χ3n) is 3.27. The highest BCUT2D eigenvalue weighted by molar-refractivity contribution is 7.99. The van der Waals surface area contributed by atoms with Gasteiger partial charge >= 0.3 is 5.91 Å². The van der Waals surface area contributed by atoms with Gasteiger partial charge in [-0.1, -0.05) is 12.1 Å². The first-order chi connectivity index (χ1) is 12.3. The Balaban J connectivity index is 1.40. The van der Waals surface area contributed by atoms with E-state index < -0.39 is 5.91 Å². The third kappa shape index (κ3) is 3.48. The van der Waals surface area contributed by atoms with Crippen LogP contribution in [0.2, 0.25) is 0 Å². The van der Waals surface area contributed by atoms with Crippen molar-refractivity contribution < 1.29 is 13.6 Å². The van der Waals surface area contributed by atoms with Crippen molar-refractivity contribution in [3.8, 4) is 0 Å². The molecule has 8 heteroatoms. The van der Waals surface area contributed by atoms with Gasteiger partial charge in [-0.15, -0.1) is 0 Å². The van der Waals surface area contributed by atoms with Crippen LogP contribution in [0, 0.1) is 0 Å². The smallest absolute Gasteiger partial charge is 0.307 e. The van der Waals surface area contributed by atoms with Crippen molar-refractivity contribution >= 4 is 34.9 Å². The zero-order chi connectivity index (χ0) is 17.1. The molecule has 1 aromatic carbocycles. The summed E-state index contributed by atoms with van der Waals surface area (Å²) in [6.07, 6.45) is 2.84. The minimum absolute atomic E-state index is 0.192. The Kier molecular flexibility index (Phi) is 4.09. The third-order valence-corrected chi connectivity index (χ3v) is 4.08. The fourth-order valence-electron chi connectivity index (χ4n) is 2.15. The molecule has 0 radical (unpaired) electrons. The van der Waals surface area contributed by atoms with Crippen molar-refractivity contribution in [2.75, 3.05) is 0 Å². The van der Waals surface area contributed by atoms with Gasteiger partial charge in [0.1, 0.15) is 5.76 Å². The Morgan fingerprint density at radius 2 is 2.12 bits per heavy atom. The van der Waals surface area contributed by atoms with E-state index in [2.05, 4.69) is 20.5 Å². The second-order valence-corrected chi connectivity index (χ2v) is 5.99. The molecule has 0 saturated heterocycles. The first-order valence-electron chi connectivity index (χ1n) is 7.37. The summed E-state index contributed by atoms with van der Waals surface area (Å²) in [7, 11) is 0. The van der Waals surface area contributed by atoms with E-state index in [9.17, 15) is 4.79 Å². The minimum Gasteiger partial charge on any atom is -0.459 e. The zero-order valence-electron chi connectivity index (χ0n) is 12.8. The molecule has 0 aliphatic rings. The molecule has 0 bridgehead atoms. The van der Waals surface area contributed by atoms with E-state index in [1.165, 1.54) is 24.2 Å². The predicted octanol–water partition coefficient (Wildman–Crippen LogP) is 3.66. The summed E-state index contributed by atoms with van der Waals surface area (Å²) in [5.41, 5.74) is 4.23. The molecule has 0 fully saturated rings. The normalized spacial score (nSPS) is 11.4.